The van der Waals surface area contributed by atoms with Crippen LogP contribution >= 0.6 is 0 Å². The maximum absolute atomic E-state index is 11.8. The molecular weight excluding hydrogens is 416 g/mol. The minimum absolute atomic E-state index is 0.254. The monoisotopic (exact) mass is 454 g/mol. The van der Waals surface area contributed by atoms with E-state index in [1.807, 2.05) is 0 Å². The summed E-state index contributed by atoms with van der Waals surface area (Å²) in [4.78, 5) is 0. The van der Waals surface area contributed by atoms with Crippen LogP contribution in [-0.2, 0) is 10.8 Å². The van der Waals surface area contributed by atoms with Gasteiger partial charge in [0.05, 0.1) is 0 Å². The van der Waals surface area contributed by atoms with Crippen LogP contribution in [0.1, 0.15) is 74.9 Å². The van der Waals surface area contributed by atoms with E-state index in [1.54, 1.807) is 0 Å². The molecule has 0 aliphatic heterocycles. The fourth-order valence-corrected chi connectivity index (χ4v) is 5.08. The summed E-state index contributed by atoms with van der Waals surface area (Å²) in [5.74, 6) is 0.508. The third kappa shape index (κ3) is 3.64. The molecule has 0 aliphatic rings. The Kier molecular flexibility index (Phi) is 5.51. The molecule has 2 heteroatoms. The maximum atomic E-state index is 11.8. The minimum atomic E-state index is -0.261. The van der Waals surface area contributed by atoms with Gasteiger partial charge in [-0.25, -0.2) is 0 Å². The van der Waals surface area contributed by atoms with Crippen LogP contribution in [0.2, 0.25) is 0 Å². The van der Waals surface area contributed by atoms with Gasteiger partial charge in [0, 0.05) is 22.3 Å². The summed E-state index contributed by atoms with van der Waals surface area (Å²) < 4.78 is 0. The molecule has 178 valence electrons. The summed E-state index contributed by atoms with van der Waals surface area (Å²) in [5.41, 5.74) is 7.54. The first-order valence-electron chi connectivity index (χ1n) is 12.2. The summed E-state index contributed by atoms with van der Waals surface area (Å²) in [6.45, 7) is 21.3. The lowest BCUT2D eigenvalue weighted by Crippen LogP contribution is -2.13. The smallest absolute Gasteiger partial charge is 0.127 e. The average Bonchev–Trinajstić information content (AvgIpc) is 2.72. The largest absolute Gasteiger partial charge is 0.507 e. The van der Waals surface area contributed by atoms with Gasteiger partial charge in [0.25, 0.3) is 0 Å². The number of phenols is 2. The standard InChI is InChI=1S/C32H38O2/c1-17-11-13-21-23(19(17)3)15-25(31(5,6)7)29(33)27(21)28-22-14-12-18(2)20(4)24(22)16-26(30(28)34)32(8,9)10/h11-16,33-34H,1-10H3. The Morgan fingerprint density at radius 1 is 0.500 bits per heavy atom. The van der Waals surface area contributed by atoms with E-state index in [0.717, 1.165) is 43.8 Å². The number of hydrogen-bond acceptors (Lipinski definition) is 2. The molecule has 0 aliphatic carbocycles. The first-order valence-corrected chi connectivity index (χ1v) is 12.2. The van der Waals surface area contributed by atoms with Crippen molar-refractivity contribution in [3.63, 3.8) is 0 Å². The highest BCUT2D eigenvalue weighted by molar-refractivity contribution is 6.12. The van der Waals surface area contributed by atoms with Gasteiger partial charge in [0.1, 0.15) is 11.5 Å². The lowest BCUT2D eigenvalue weighted by molar-refractivity contribution is 0.442. The predicted octanol–water partition coefficient (Wildman–Crippen LogP) is 8.90. The summed E-state index contributed by atoms with van der Waals surface area (Å²) in [5, 5.41) is 27.8. The second kappa shape index (κ2) is 7.77. The third-order valence-electron chi connectivity index (χ3n) is 7.54. The highest BCUT2D eigenvalue weighted by atomic mass is 16.3. The van der Waals surface area contributed by atoms with Crippen LogP contribution in [-0.4, -0.2) is 10.2 Å². The fraction of sp³-hybridized carbons (Fsp3) is 0.375. The van der Waals surface area contributed by atoms with E-state index >= 15 is 0 Å². The third-order valence-corrected chi connectivity index (χ3v) is 7.54. The van der Waals surface area contributed by atoms with Crippen LogP contribution in [0.25, 0.3) is 32.7 Å². The molecule has 2 N–H and O–H groups in total. The second-order valence-electron chi connectivity index (χ2n) is 12.0. The molecular formula is C32H38O2. The number of fused-ring (bicyclic) bond motifs is 2. The summed E-state index contributed by atoms with van der Waals surface area (Å²) >= 11 is 0. The molecule has 2 nitrogen and oxygen atoms in total. The fourth-order valence-electron chi connectivity index (χ4n) is 5.08. The molecule has 0 radical (unpaired) electrons. The van der Waals surface area contributed by atoms with Crippen molar-refractivity contribution in [2.75, 3.05) is 0 Å². The van der Waals surface area contributed by atoms with Crippen molar-refractivity contribution >= 4 is 21.5 Å². The molecule has 0 fully saturated rings. The van der Waals surface area contributed by atoms with Crippen LogP contribution in [0.3, 0.4) is 0 Å². The predicted molar refractivity (Wildman–Crippen MR) is 147 cm³/mol. The zero-order chi connectivity index (χ0) is 25.3. The van der Waals surface area contributed by atoms with E-state index in [-0.39, 0.29) is 22.3 Å². The Balaban J connectivity index is 2.35. The summed E-state index contributed by atoms with van der Waals surface area (Å²) in [6, 6.07) is 12.7. The van der Waals surface area contributed by atoms with E-state index < -0.39 is 0 Å². The number of aryl methyl sites for hydroxylation is 4. The van der Waals surface area contributed by atoms with Gasteiger partial charge in [-0.1, -0.05) is 65.8 Å². The zero-order valence-electron chi connectivity index (χ0n) is 22.4. The molecule has 0 aromatic heterocycles. The van der Waals surface area contributed by atoms with Gasteiger partial charge in [-0.3, -0.25) is 0 Å². The molecule has 0 atom stereocenters. The van der Waals surface area contributed by atoms with E-state index in [0.29, 0.717) is 0 Å². The van der Waals surface area contributed by atoms with Crippen molar-refractivity contribution < 1.29 is 10.2 Å². The Morgan fingerprint density at radius 2 is 0.824 bits per heavy atom. The Labute approximate surface area is 204 Å². The summed E-state index contributed by atoms with van der Waals surface area (Å²) in [6.07, 6.45) is 0. The van der Waals surface area contributed by atoms with Gasteiger partial charge in [-0.15, -0.1) is 0 Å². The molecule has 0 heterocycles. The van der Waals surface area contributed by atoms with Crippen molar-refractivity contribution in [2.24, 2.45) is 0 Å². The van der Waals surface area contributed by atoms with Gasteiger partial charge >= 0.3 is 0 Å². The molecule has 0 spiro atoms. The topological polar surface area (TPSA) is 40.5 Å². The van der Waals surface area contributed by atoms with Crippen molar-refractivity contribution in [2.45, 2.75) is 80.1 Å². The highest BCUT2D eigenvalue weighted by Crippen LogP contribution is 2.52. The van der Waals surface area contributed by atoms with Crippen LogP contribution in [0.5, 0.6) is 11.5 Å². The molecule has 0 unspecified atom stereocenters. The first-order chi connectivity index (χ1) is 15.6. The normalized spacial score (nSPS) is 12.6. The summed E-state index contributed by atoms with van der Waals surface area (Å²) in [7, 11) is 0. The van der Waals surface area contributed by atoms with E-state index in [2.05, 4.69) is 106 Å². The molecule has 0 saturated carbocycles. The van der Waals surface area contributed by atoms with E-state index in [1.165, 1.54) is 22.3 Å². The molecule has 0 amide bonds. The van der Waals surface area contributed by atoms with Gasteiger partial charge in [-0.05, 0) is 94.5 Å². The lowest BCUT2D eigenvalue weighted by atomic mass is 9.77. The Bertz CT molecular complexity index is 1340. The number of hydrogen-bond donors (Lipinski definition) is 2. The Hall–Kier alpha value is -3.00. The van der Waals surface area contributed by atoms with Crippen molar-refractivity contribution in [1.29, 1.82) is 0 Å². The minimum Gasteiger partial charge on any atom is -0.507 e. The number of benzene rings is 4. The highest BCUT2D eigenvalue weighted by Gasteiger charge is 2.29. The van der Waals surface area contributed by atoms with Gasteiger partial charge < -0.3 is 10.2 Å². The second-order valence-corrected chi connectivity index (χ2v) is 12.0. The van der Waals surface area contributed by atoms with E-state index in [4.69, 9.17) is 0 Å². The molecule has 0 saturated heterocycles. The van der Waals surface area contributed by atoms with Crippen molar-refractivity contribution in [3.05, 3.63) is 69.8 Å². The zero-order valence-corrected chi connectivity index (χ0v) is 22.4. The average molecular weight is 455 g/mol. The number of aromatic hydroxyl groups is 2. The van der Waals surface area contributed by atoms with Crippen molar-refractivity contribution in [1.82, 2.24) is 0 Å². The lowest BCUT2D eigenvalue weighted by Gasteiger charge is -2.28. The van der Waals surface area contributed by atoms with Crippen LogP contribution < -0.4 is 0 Å². The SMILES string of the molecule is Cc1ccc2c(-c3c(O)c(C(C)(C)C)cc4c(C)c(C)ccc34)c(O)c(C(C)(C)C)cc2c1C. The molecule has 4 aromatic carbocycles. The molecule has 0 bridgehead atoms. The molecule has 4 rings (SSSR count). The van der Waals surface area contributed by atoms with Crippen LogP contribution in [0, 0.1) is 27.7 Å². The van der Waals surface area contributed by atoms with Gasteiger partial charge in [-0.2, -0.15) is 0 Å². The van der Waals surface area contributed by atoms with Gasteiger partial charge in [0.15, 0.2) is 0 Å². The number of rotatable bonds is 1. The van der Waals surface area contributed by atoms with Crippen LogP contribution in [0.15, 0.2) is 36.4 Å². The van der Waals surface area contributed by atoms with Gasteiger partial charge in [0.2, 0.25) is 0 Å². The molecule has 4 aromatic rings. The first kappa shape index (κ1) is 24.1. The van der Waals surface area contributed by atoms with E-state index in [9.17, 15) is 10.2 Å². The maximum Gasteiger partial charge on any atom is 0.127 e. The Morgan fingerprint density at radius 3 is 1.12 bits per heavy atom. The number of phenolic OH excluding ortho intramolecular Hbond substituents is 2. The van der Waals surface area contributed by atoms with Crippen molar-refractivity contribution in [3.8, 4) is 22.6 Å². The molecule has 34 heavy (non-hydrogen) atoms. The van der Waals surface area contributed by atoms with Crippen LogP contribution in [0.4, 0.5) is 0 Å². The quantitative estimate of drug-likeness (QED) is 0.301.